The summed E-state index contributed by atoms with van der Waals surface area (Å²) in [6.45, 7) is 15.0. The Morgan fingerprint density at radius 1 is 1.06 bits per heavy atom. The van der Waals surface area contributed by atoms with E-state index < -0.39 is 23.4 Å². The van der Waals surface area contributed by atoms with Crippen LogP contribution in [0.3, 0.4) is 0 Å². The number of likely N-dealkylation sites (tertiary alicyclic amines) is 1. The largest absolute Gasteiger partial charge is 0.490 e. The van der Waals surface area contributed by atoms with Crippen molar-refractivity contribution in [3.8, 4) is 5.75 Å². The number of amides is 1. The lowest BCUT2D eigenvalue weighted by molar-refractivity contribution is -0.155. The second-order valence-electron chi connectivity index (χ2n) is 13.6. The average molecular weight is 673 g/mol. The van der Waals surface area contributed by atoms with Crippen molar-refractivity contribution in [2.24, 2.45) is 0 Å². The van der Waals surface area contributed by atoms with Crippen LogP contribution in [-0.4, -0.2) is 101 Å². The summed E-state index contributed by atoms with van der Waals surface area (Å²) < 4.78 is 40.6. The van der Waals surface area contributed by atoms with Crippen LogP contribution in [0, 0.1) is 0 Å². The molecule has 0 bridgehead atoms. The summed E-state index contributed by atoms with van der Waals surface area (Å²) in [6.07, 6.45) is 0.00626. The van der Waals surface area contributed by atoms with Gasteiger partial charge >= 0.3 is 6.09 Å². The monoisotopic (exact) mass is 672 g/mol. The van der Waals surface area contributed by atoms with E-state index in [1.807, 2.05) is 65.0 Å². The quantitative estimate of drug-likeness (QED) is 0.232. The number of methoxy groups -OCH3 is 2. The predicted molar refractivity (Wildman–Crippen MR) is 183 cm³/mol. The van der Waals surface area contributed by atoms with Crippen molar-refractivity contribution in [1.29, 1.82) is 0 Å². The minimum atomic E-state index is -1.39. The molecule has 1 unspecified atom stereocenters. The molecule has 0 aromatic heterocycles. The second kappa shape index (κ2) is 17.6. The Bertz CT molecular complexity index is 1320. The number of aliphatic hydroxyl groups is 1. The van der Waals surface area contributed by atoms with E-state index in [-0.39, 0.29) is 25.7 Å². The van der Waals surface area contributed by atoms with Crippen LogP contribution in [0.25, 0.3) is 0 Å². The molecule has 0 aliphatic carbocycles. The van der Waals surface area contributed by atoms with Crippen LogP contribution in [0.5, 0.6) is 5.75 Å². The van der Waals surface area contributed by atoms with E-state index in [4.69, 9.17) is 33.2 Å². The van der Waals surface area contributed by atoms with Gasteiger partial charge in [-0.15, -0.1) is 0 Å². The van der Waals surface area contributed by atoms with Gasteiger partial charge < -0.3 is 48.1 Å². The molecule has 2 heterocycles. The number of hydrogen-bond acceptors (Lipinski definition) is 10. The Kier molecular flexibility index (Phi) is 13.9. The number of nitrogens with zero attached hydrogens (tertiary/aromatic N) is 2. The van der Waals surface area contributed by atoms with Crippen LogP contribution in [-0.2, 0) is 53.8 Å². The number of carbonyl (C=O) groups excluding carboxylic acids is 1. The van der Waals surface area contributed by atoms with Gasteiger partial charge in [-0.25, -0.2) is 4.79 Å². The molecule has 1 saturated heterocycles. The first kappa shape index (κ1) is 37.9. The molecule has 1 amide bonds. The summed E-state index contributed by atoms with van der Waals surface area (Å²) in [5.41, 5.74) is 2.45. The number of rotatable bonds is 16. The lowest BCUT2D eigenvalue weighted by atomic mass is 9.79. The predicted octanol–water partition coefficient (Wildman–Crippen LogP) is 5.42. The number of ether oxygens (including phenoxy) is 7. The standard InChI is InChI=1S/C37H56N2O9/c1-8-45-27(2)23-44-24-28-10-12-31(30(20-28)26-43-7)37(41)14-16-39(35(40)48-36(3,4)5)22-34(37)47-25-29-11-13-33-32(21-29)38(17-19-46-33)15-9-18-42-6/h10-13,20-21,27,34,41H,8-9,14-19,22-26H2,1-7H3/t27?,34-,37-/m0/s1. The zero-order valence-corrected chi connectivity index (χ0v) is 29.9. The van der Waals surface area contributed by atoms with Gasteiger partial charge in [0.05, 0.1) is 51.3 Å². The highest BCUT2D eigenvalue weighted by Crippen LogP contribution is 2.39. The maximum absolute atomic E-state index is 13.2. The fourth-order valence-electron chi connectivity index (χ4n) is 6.25. The number of hydrogen-bond donors (Lipinski definition) is 1. The summed E-state index contributed by atoms with van der Waals surface area (Å²) in [4.78, 5) is 17.1. The third-order valence-electron chi connectivity index (χ3n) is 8.55. The molecule has 1 fully saturated rings. The van der Waals surface area contributed by atoms with Gasteiger partial charge in [-0.05, 0) is 75.4 Å². The van der Waals surface area contributed by atoms with E-state index in [1.54, 1.807) is 19.1 Å². The minimum absolute atomic E-state index is 0.00266. The molecule has 0 spiro atoms. The average Bonchev–Trinajstić information content (AvgIpc) is 3.04. The maximum Gasteiger partial charge on any atom is 0.410 e. The zero-order valence-electron chi connectivity index (χ0n) is 29.9. The third-order valence-corrected chi connectivity index (χ3v) is 8.55. The van der Waals surface area contributed by atoms with Gasteiger partial charge in [0, 0.05) is 46.9 Å². The van der Waals surface area contributed by atoms with E-state index in [0.717, 1.165) is 47.6 Å². The fraction of sp³-hybridized carbons (Fsp3) is 0.649. The van der Waals surface area contributed by atoms with Crippen molar-refractivity contribution in [2.45, 2.75) is 90.7 Å². The fourth-order valence-corrected chi connectivity index (χ4v) is 6.25. The Morgan fingerprint density at radius 2 is 1.83 bits per heavy atom. The second-order valence-corrected chi connectivity index (χ2v) is 13.6. The Labute approximate surface area is 286 Å². The van der Waals surface area contributed by atoms with Gasteiger partial charge in [-0.3, -0.25) is 0 Å². The lowest BCUT2D eigenvalue weighted by Crippen LogP contribution is -2.57. The molecule has 2 aromatic rings. The van der Waals surface area contributed by atoms with Crippen molar-refractivity contribution >= 4 is 11.8 Å². The van der Waals surface area contributed by atoms with Crippen LogP contribution in [0.1, 0.15) is 69.7 Å². The molecule has 48 heavy (non-hydrogen) atoms. The molecule has 3 atom stereocenters. The van der Waals surface area contributed by atoms with Crippen molar-refractivity contribution < 1.29 is 43.1 Å². The van der Waals surface area contributed by atoms with Crippen molar-refractivity contribution in [3.63, 3.8) is 0 Å². The highest BCUT2D eigenvalue weighted by molar-refractivity contribution is 5.68. The molecular weight excluding hydrogens is 616 g/mol. The van der Waals surface area contributed by atoms with Crippen LogP contribution >= 0.6 is 0 Å². The Morgan fingerprint density at radius 3 is 2.56 bits per heavy atom. The molecule has 0 saturated carbocycles. The molecular formula is C37H56N2O9. The summed E-state index contributed by atoms with van der Waals surface area (Å²) in [7, 11) is 3.35. The molecule has 4 rings (SSSR count). The van der Waals surface area contributed by atoms with Crippen LogP contribution in [0.15, 0.2) is 36.4 Å². The lowest BCUT2D eigenvalue weighted by Gasteiger charge is -2.45. The van der Waals surface area contributed by atoms with Gasteiger partial charge in [0.1, 0.15) is 29.7 Å². The number of anilines is 1. The molecule has 2 aliphatic heterocycles. The number of piperidine rings is 1. The summed E-state index contributed by atoms with van der Waals surface area (Å²) in [5, 5.41) is 12.5. The van der Waals surface area contributed by atoms with E-state index >= 15 is 0 Å². The number of benzene rings is 2. The van der Waals surface area contributed by atoms with E-state index in [2.05, 4.69) is 11.0 Å². The Balaban J connectivity index is 1.58. The molecule has 268 valence electrons. The normalized spacial score (nSPS) is 20.3. The first-order valence-corrected chi connectivity index (χ1v) is 17.1. The number of fused-ring (bicyclic) bond motifs is 1. The molecule has 2 aromatic carbocycles. The van der Waals surface area contributed by atoms with Crippen molar-refractivity contribution in [2.75, 3.05) is 71.7 Å². The van der Waals surface area contributed by atoms with E-state index in [9.17, 15) is 9.90 Å². The van der Waals surface area contributed by atoms with Crippen LogP contribution in [0.2, 0.25) is 0 Å². The first-order chi connectivity index (χ1) is 23.0. The summed E-state index contributed by atoms with van der Waals surface area (Å²) >= 11 is 0. The number of carbonyl (C=O) groups is 1. The first-order valence-electron chi connectivity index (χ1n) is 17.1. The van der Waals surface area contributed by atoms with Crippen molar-refractivity contribution in [3.05, 3.63) is 58.7 Å². The zero-order chi connectivity index (χ0) is 34.7. The molecule has 0 radical (unpaired) electrons. The van der Waals surface area contributed by atoms with Crippen molar-refractivity contribution in [1.82, 2.24) is 4.90 Å². The van der Waals surface area contributed by atoms with Crippen LogP contribution in [0.4, 0.5) is 10.5 Å². The van der Waals surface area contributed by atoms with Gasteiger partial charge in [-0.1, -0.05) is 24.3 Å². The Hall–Kier alpha value is -2.93. The highest BCUT2D eigenvalue weighted by atomic mass is 16.6. The van der Waals surface area contributed by atoms with E-state index in [0.29, 0.717) is 51.7 Å². The van der Waals surface area contributed by atoms with E-state index in [1.165, 1.54) is 0 Å². The third kappa shape index (κ3) is 10.3. The minimum Gasteiger partial charge on any atom is -0.490 e. The molecule has 11 heteroatoms. The van der Waals surface area contributed by atoms with Gasteiger partial charge in [0.25, 0.3) is 0 Å². The van der Waals surface area contributed by atoms with Crippen LogP contribution < -0.4 is 9.64 Å². The SMILES string of the molecule is CCOC(C)COCc1ccc([C@@]2(O)CCN(C(=O)OC(C)(C)C)C[C@@H]2OCc2ccc3c(c2)N(CCCOC)CCO3)c(COC)c1. The maximum atomic E-state index is 13.2. The summed E-state index contributed by atoms with van der Waals surface area (Å²) in [6, 6.07) is 12.0. The molecule has 2 aliphatic rings. The van der Waals surface area contributed by atoms with Gasteiger partial charge in [-0.2, -0.15) is 0 Å². The molecule has 11 nitrogen and oxygen atoms in total. The molecule has 1 N–H and O–H groups in total. The smallest absolute Gasteiger partial charge is 0.410 e. The summed E-state index contributed by atoms with van der Waals surface area (Å²) in [5.74, 6) is 0.841. The van der Waals surface area contributed by atoms with Gasteiger partial charge in [0.2, 0.25) is 0 Å². The highest BCUT2D eigenvalue weighted by Gasteiger charge is 2.47. The topological polar surface area (TPSA) is 108 Å². The van der Waals surface area contributed by atoms with Gasteiger partial charge in [0.15, 0.2) is 0 Å².